The predicted molar refractivity (Wildman–Crippen MR) is 80.6 cm³/mol. The van der Waals surface area contributed by atoms with E-state index in [2.05, 4.69) is 15.6 Å². The van der Waals surface area contributed by atoms with Crippen LogP contribution in [0.2, 0.25) is 0 Å². The van der Waals surface area contributed by atoms with Crippen molar-refractivity contribution < 1.29 is 14.3 Å². The van der Waals surface area contributed by atoms with E-state index in [1.807, 2.05) is 37.3 Å². The molecular weight excluding hydrogens is 282 g/mol. The molecule has 6 nitrogen and oxygen atoms in total. The minimum Gasteiger partial charge on any atom is -0.454 e. The van der Waals surface area contributed by atoms with E-state index in [9.17, 15) is 4.79 Å². The molecule has 114 valence electrons. The highest BCUT2D eigenvalue weighted by Crippen LogP contribution is 2.34. The molecule has 22 heavy (non-hydrogen) atoms. The molecule has 1 atom stereocenters. The van der Waals surface area contributed by atoms with Crippen molar-refractivity contribution in [3.63, 3.8) is 0 Å². The Morgan fingerprint density at radius 1 is 1.23 bits per heavy atom. The molecule has 3 rings (SSSR count). The Morgan fingerprint density at radius 3 is 2.82 bits per heavy atom. The molecule has 0 fully saturated rings. The maximum atomic E-state index is 11.9. The highest BCUT2D eigenvalue weighted by atomic mass is 16.7. The summed E-state index contributed by atoms with van der Waals surface area (Å²) in [5, 5.41) is 5.71. The van der Waals surface area contributed by atoms with Crippen LogP contribution in [0, 0.1) is 0 Å². The van der Waals surface area contributed by atoms with Gasteiger partial charge in [-0.25, -0.2) is 4.79 Å². The molecule has 1 aliphatic rings. The molecular formula is C16H17N3O3. The second-order valence-corrected chi connectivity index (χ2v) is 5.02. The third-order valence-corrected chi connectivity index (χ3v) is 3.45. The molecule has 1 aromatic heterocycles. The van der Waals surface area contributed by atoms with Crippen LogP contribution in [0.25, 0.3) is 0 Å². The second kappa shape index (κ2) is 6.34. The molecule has 2 N–H and O–H groups in total. The molecule has 0 aliphatic carbocycles. The number of nitrogens with zero attached hydrogens (tertiary/aromatic N) is 1. The molecule has 1 aromatic carbocycles. The number of pyridine rings is 1. The maximum absolute atomic E-state index is 11.9. The summed E-state index contributed by atoms with van der Waals surface area (Å²) in [4.78, 5) is 15.9. The second-order valence-electron chi connectivity index (χ2n) is 5.02. The Balaban J connectivity index is 1.55. The van der Waals surface area contributed by atoms with E-state index in [4.69, 9.17) is 9.47 Å². The number of hydrogen-bond acceptors (Lipinski definition) is 4. The number of urea groups is 1. The van der Waals surface area contributed by atoms with Gasteiger partial charge in [-0.2, -0.15) is 0 Å². The zero-order chi connectivity index (χ0) is 15.4. The first-order valence-electron chi connectivity index (χ1n) is 7.05. The lowest BCUT2D eigenvalue weighted by Gasteiger charge is -2.15. The van der Waals surface area contributed by atoms with Crippen LogP contribution in [0.3, 0.4) is 0 Å². The largest absolute Gasteiger partial charge is 0.454 e. The van der Waals surface area contributed by atoms with Crippen LogP contribution in [0.5, 0.6) is 11.5 Å². The topological polar surface area (TPSA) is 72.5 Å². The van der Waals surface area contributed by atoms with Crippen molar-refractivity contribution in [1.29, 1.82) is 0 Å². The number of fused-ring (bicyclic) bond motifs is 1. The first kappa shape index (κ1) is 14.2. The van der Waals surface area contributed by atoms with Crippen molar-refractivity contribution in [2.45, 2.75) is 19.5 Å². The van der Waals surface area contributed by atoms with Gasteiger partial charge in [0.1, 0.15) is 0 Å². The van der Waals surface area contributed by atoms with Gasteiger partial charge >= 0.3 is 6.03 Å². The number of aromatic nitrogens is 1. The number of carbonyl (C=O) groups excluding carboxylic acids is 1. The smallest absolute Gasteiger partial charge is 0.315 e. The fourth-order valence-corrected chi connectivity index (χ4v) is 2.20. The first-order valence-corrected chi connectivity index (χ1v) is 7.05. The van der Waals surface area contributed by atoms with Crippen molar-refractivity contribution >= 4 is 6.03 Å². The summed E-state index contributed by atoms with van der Waals surface area (Å²) < 4.78 is 10.6. The van der Waals surface area contributed by atoms with Crippen LogP contribution in [-0.4, -0.2) is 17.8 Å². The molecule has 0 unspecified atom stereocenters. The Morgan fingerprint density at radius 2 is 2.00 bits per heavy atom. The highest BCUT2D eigenvalue weighted by molar-refractivity contribution is 5.74. The van der Waals surface area contributed by atoms with Crippen LogP contribution >= 0.6 is 0 Å². The van der Waals surface area contributed by atoms with E-state index in [1.54, 1.807) is 12.4 Å². The zero-order valence-corrected chi connectivity index (χ0v) is 12.2. The normalized spacial score (nSPS) is 13.5. The van der Waals surface area contributed by atoms with Gasteiger partial charge in [-0.1, -0.05) is 6.07 Å². The van der Waals surface area contributed by atoms with Gasteiger partial charge in [0.05, 0.1) is 6.04 Å². The Labute approximate surface area is 128 Å². The molecule has 2 aromatic rings. The molecule has 1 aliphatic heterocycles. The average molecular weight is 299 g/mol. The van der Waals surface area contributed by atoms with Crippen molar-refractivity contribution in [2.24, 2.45) is 0 Å². The van der Waals surface area contributed by atoms with Gasteiger partial charge < -0.3 is 20.1 Å². The highest BCUT2D eigenvalue weighted by Gasteiger charge is 2.16. The van der Waals surface area contributed by atoms with E-state index in [0.29, 0.717) is 12.3 Å². The fraction of sp³-hybridized carbons (Fsp3) is 0.250. The van der Waals surface area contributed by atoms with E-state index >= 15 is 0 Å². The quantitative estimate of drug-likeness (QED) is 0.909. The average Bonchev–Trinajstić information content (AvgIpc) is 3.01. The monoisotopic (exact) mass is 299 g/mol. The maximum Gasteiger partial charge on any atom is 0.315 e. The summed E-state index contributed by atoms with van der Waals surface area (Å²) in [7, 11) is 0. The van der Waals surface area contributed by atoms with Crippen molar-refractivity contribution in [1.82, 2.24) is 15.6 Å². The van der Waals surface area contributed by atoms with Crippen molar-refractivity contribution in [2.75, 3.05) is 6.79 Å². The molecule has 0 saturated heterocycles. The standard InChI is InChI=1S/C16H17N3O3/c1-11(13-2-3-14-15(8-13)22-10-21-14)19-16(20)18-9-12-4-6-17-7-5-12/h2-8,11H,9-10H2,1H3,(H2,18,19,20)/t11-/m0/s1. The van der Waals surface area contributed by atoms with Gasteiger partial charge in [-0.05, 0) is 42.3 Å². The third kappa shape index (κ3) is 3.28. The number of hydrogen-bond donors (Lipinski definition) is 2. The van der Waals surface area contributed by atoms with Gasteiger partial charge in [0.15, 0.2) is 11.5 Å². The summed E-state index contributed by atoms with van der Waals surface area (Å²) >= 11 is 0. The van der Waals surface area contributed by atoms with E-state index < -0.39 is 0 Å². The summed E-state index contributed by atoms with van der Waals surface area (Å²) in [5.74, 6) is 1.45. The summed E-state index contributed by atoms with van der Waals surface area (Å²) in [5.41, 5.74) is 1.96. The number of carbonyl (C=O) groups is 1. The number of rotatable bonds is 4. The molecule has 0 spiro atoms. The zero-order valence-electron chi connectivity index (χ0n) is 12.2. The lowest BCUT2D eigenvalue weighted by atomic mass is 10.1. The van der Waals surface area contributed by atoms with Crippen molar-refractivity contribution in [3.05, 3.63) is 53.9 Å². The van der Waals surface area contributed by atoms with E-state index in [-0.39, 0.29) is 18.9 Å². The predicted octanol–water partition coefficient (Wildman–Crippen LogP) is 2.37. The van der Waals surface area contributed by atoms with Crippen LogP contribution in [0.15, 0.2) is 42.7 Å². The first-order chi connectivity index (χ1) is 10.7. The Kier molecular flexibility index (Phi) is 4.09. The minimum atomic E-state index is -0.220. The van der Waals surface area contributed by atoms with E-state index in [1.165, 1.54) is 0 Å². The van der Waals surface area contributed by atoms with E-state index in [0.717, 1.165) is 16.9 Å². The van der Waals surface area contributed by atoms with Crippen LogP contribution in [0.4, 0.5) is 4.79 Å². The van der Waals surface area contributed by atoms with Gasteiger partial charge in [0.25, 0.3) is 0 Å². The Bertz CT molecular complexity index is 661. The number of benzene rings is 1. The molecule has 6 heteroatoms. The van der Waals surface area contributed by atoms with Gasteiger partial charge in [-0.3, -0.25) is 4.98 Å². The Hall–Kier alpha value is -2.76. The SMILES string of the molecule is C[C@H](NC(=O)NCc1ccncc1)c1ccc2c(c1)OCO2. The number of nitrogens with one attached hydrogen (secondary N) is 2. The summed E-state index contributed by atoms with van der Waals surface area (Å²) in [6, 6.07) is 9.03. The lowest BCUT2D eigenvalue weighted by molar-refractivity contribution is 0.174. The van der Waals surface area contributed by atoms with Gasteiger partial charge in [-0.15, -0.1) is 0 Å². The summed E-state index contributed by atoms with van der Waals surface area (Å²) in [6.45, 7) is 2.62. The third-order valence-electron chi connectivity index (χ3n) is 3.45. The van der Waals surface area contributed by atoms with Crippen molar-refractivity contribution in [3.8, 4) is 11.5 Å². The van der Waals surface area contributed by atoms with Crippen LogP contribution < -0.4 is 20.1 Å². The van der Waals surface area contributed by atoms with Crippen LogP contribution in [0.1, 0.15) is 24.1 Å². The number of amides is 2. The number of ether oxygens (including phenoxy) is 2. The molecule has 0 bridgehead atoms. The molecule has 2 amide bonds. The molecule has 0 radical (unpaired) electrons. The van der Waals surface area contributed by atoms with Gasteiger partial charge in [0.2, 0.25) is 6.79 Å². The molecule has 2 heterocycles. The lowest BCUT2D eigenvalue weighted by Crippen LogP contribution is -2.36. The summed E-state index contributed by atoms with van der Waals surface area (Å²) in [6.07, 6.45) is 3.40. The molecule has 0 saturated carbocycles. The van der Waals surface area contributed by atoms with Crippen LogP contribution in [-0.2, 0) is 6.54 Å². The van der Waals surface area contributed by atoms with Gasteiger partial charge in [0, 0.05) is 18.9 Å². The minimum absolute atomic E-state index is 0.132. The fourth-order valence-electron chi connectivity index (χ4n) is 2.20.